The van der Waals surface area contributed by atoms with Crippen LogP contribution in [0.5, 0.6) is 11.5 Å². The van der Waals surface area contributed by atoms with Crippen molar-refractivity contribution in [3.63, 3.8) is 0 Å². The number of carbonyl (C=O) groups is 2. The fourth-order valence-electron chi connectivity index (χ4n) is 4.32. The van der Waals surface area contributed by atoms with Gasteiger partial charge in [-0.05, 0) is 74.6 Å². The lowest BCUT2D eigenvalue weighted by Gasteiger charge is -2.33. The third-order valence-electron chi connectivity index (χ3n) is 6.06. The molecular formula is C27H35FN2O4. The van der Waals surface area contributed by atoms with Gasteiger partial charge in [-0.15, -0.1) is 0 Å². The number of piperidine rings is 1. The number of halogens is 1. The Morgan fingerprint density at radius 1 is 1.06 bits per heavy atom. The number of ether oxygens (including phenoxy) is 2. The highest BCUT2D eigenvalue weighted by atomic mass is 19.1. The molecule has 1 fully saturated rings. The first-order chi connectivity index (χ1) is 16.3. The Morgan fingerprint density at radius 3 is 2.38 bits per heavy atom. The number of hydrogen-bond acceptors (Lipinski definition) is 4. The zero-order chi connectivity index (χ0) is 24.7. The van der Waals surface area contributed by atoms with Crippen LogP contribution in [0.4, 0.5) is 4.39 Å². The van der Waals surface area contributed by atoms with E-state index < -0.39 is 0 Å². The SMILES string of the molecule is CCOc1ccc([C@H](NC(=O)[C@H]2CCCN(C(=O)c3ccc(F)cc3)C2)C(C)C)cc1OCC. The normalized spacial score (nSPS) is 16.8. The molecule has 1 saturated heterocycles. The van der Waals surface area contributed by atoms with Crippen molar-refractivity contribution in [2.75, 3.05) is 26.3 Å². The first-order valence-electron chi connectivity index (χ1n) is 12.1. The van der Waals surface area contributed by atoms with Gasteiger partial charge in [0.15, 0.2) is 11.5 Å². The van der Waals surface area contributed by atoms with Crippen LogP contribution >= 0.6 is 0 Å². The van der Waals surface area contributed by atoms with E-state index in [4.69, 9.17) is 9.47 Å². The number of carbonyl (C=O) groups excluding carboxylic acids is 2. The zero-order valence-corrected chi connectivity index (χ0v) is 20.5. The molecule has 1 aliphatic rings. The lowest BCUT2D eigenvalue weighted by atomic mass is 9.92. The van der Waals surface area contributed by atoms with E-state index in [1.54, 1.807) is 4.90 Å². The van der Waals surface area contributed by atoms with E-state index in [1.165, 1.54) is 24.3 Å². The molecule has 2 amide bonds. The van der Waals surface area contributed by atoms with Crippen molar-refractivity contribution in [2.45, 2.75) is 46.6 Å². The van der Waals surface area contributed by atoms with Crippen molar-refractivity contribution < 1.29 is 23.5 Å². The molecule has 2 atom stereocenters. The zero-order valence-electron chi connectivity index (χ0n) is 20.5. The van der Waals surface area contributed by atoms with Crippen LogP contribution in [0, 0.1) is 17.7 Å². The summed E-state index contributed by atoms with van der Waals surface area (Å²) in [5.74, 6) is 0.576. The molecule has 3 rings (SSSR count). The van der Waals surface area contributed by atoms with E-state index >= 15 is 0 Å². The van der Waals surface area contributed by atoms with E-state index in [9.17, 15) is 14.0 Å². The molecule has 6 nitrogen and oxygen atoms in total. The summed E-state index contributed by atoms with van der Waals surface area (Å²) >= 11 is 0. The van der Waals surface area contributed by atoms with Gasteiger partial charge in [-0.2, -0.15) is 0 Å². The number of rotatable bonds is 9. The van der Waals surface area contributed by atoms with Crippen LogP contribution in [0.15, 0.2) is 42.5 Å². The smallest absolute Gasteiger partial charge is 0.253 e. The lowest BCUT2D eigenvalue weighted by Crippen LogP contribution is -2.46. The second kappa shape index (κ2) is 11.9. The molecule has 0 aliphatic carbocycles. The fourth-order valence-corrected chi connectivity index (χ4v) is 4.32. The quantitative estimate of drug-likeness (QED) is 0.561. The maximum atomic E-state index is 13.3. The average molecular weight is 471 g/mol. The maximum absolute atomic E-state index is 13.3. The number of hydrogen-bond donors (Lipinski definition) is 1. The van der Waals surface area contributed by atoms with Crippen molar-refractivity contribution in [3.8, 4) is 11.5 Å². The first-order valence-corrected chi connectivity index (χ1v) is 12.1. The van der Waals surface area contributed by atoms with Crippen molar-refractivity contribution in [1.82, 2.24) is 10.2 Å². The summed E-state index contributed by atoms with van der Waals surface area (Å²) in [6.45, 7) is 9.96. The maximum Gasteiger partial charge on any atom is 0.253 e. The first kappa shape index (κ1) is 25.5. The van der Waals surface area contributed by atoms with E-state index in [0.29, 0.717) is 43.4 Å². The van der Waals surface area contributed by atoms with Gasteiger partial charge in [-0.25, -0.2) is 4.39 Å². The van der Waals surface area contributed by atoms with Crippen LogP contribution in [0.3, 0.4) is 0 Å². The molecule has 7 heteroatoms. The molecule has 0 aromatic heterocycles. The number of nitrogens with one attached hydrogen (secondary N) is 1. The molecule has 2 aromatic rings. The number of likely N-dealkylation sites (tertiary alicyclic amines) is 1. The molecule has 0 spiro atoms. The van der Waals surface area contributed by atoms with Crippen LogP contribution in [-0.2, 0) is 4.79 Å². The highest BCUT2D eigenvalue weighted by Crippen LogP contribution is 2.33. The Balaban J connectivity index is 1.72. The molecule has 1 heterocycles. The van der Waals surface area contributed by atoms with Gasteiger partial charge in [0.25, 0.3) is 5.91 Å². The minimum absolute atomic E-state index is 0.0675. The van der Waals surface area contributed by atoms with Gasteiger partial charge in [0.2, 0.25) is 5.91 Å². The van der Waals surface area contributed by atoms with Gasteiger partial charge in [-0.1, -0.05) is 19.9 Å². The van der Waals surface area contributed by atoms with Crippen molar-refractivity contribution in [1.29, 1.82) is 0 Å². The summed E-state index contributed by atoms with van der Waals surface area (Å²) in [4.78, 5) is 27.8. The van der Waals surface area contributed by atoms with Crippen molar-refractivity contribution in [3.05, 3.63) is 59.4 Å². The second-order valence-corrected chi connectivity index (χ2v) is 8.90. The van der Waals surface area contributed by atoms with Crippen molar-refractivity contribution >= 4 is 11.8 Å². The monoisotopic (exact) mass is 470 g/mol. The van der Waals surface area contributed by atoms with Gasteiger partial charge >= 0.3 is 0 Å². The average Bonchev–Trinajstić information content (AvgIpc) is 2.84. The van der Waals surface area contributed by atoms with E-state index in [-0.39, 0.29) is 35.5 Å². The largest absolute Gasteiger partial charge is 0.490 e. The summed E-state index contributed by atoms with van der Waals surface area (Å²) in [6.07, 6.45) is 1.46. The molecule has 1 aliphatic heterocycles. The molecule has 0 saturated carbocycles. The summed E-state index contributed by atoms with van der Waals surface area (Å²) < 4.78 is 24.7. The molecular weight excluding hydrogens is 435 g/mol. The molecule has 0 unspecified atom stereocenters. The van der Waals surface area contributed by atoms with Crippen LogP contribution in [0.1, 0.15) is 62.5 Å². The molecule has 0 bridgehead atoms. The Kier molecular flexibility index (Phi) is 8.91. The minimum atomic E-state index is -0.381. The van der Waals surface area contributed by atoms with Gasteiger partial charge < -0.3 is 19.7 Å². The Bertz CT molecular complexity index is 977. The molecule has 0 radical (unpaired) electrons. The predicted octanol–water partition coefficient (Wildman–Crippen LogP) is 4.99. The Hall–Kier alpha value is -3.09. The van der Waals surface area contributed by atoms with Crippen LogP contribution in [0.2, 0.25) is 0 Å². The standard InChI is InChI=1S/C27H35FN2O4/c1-5-33-23-14-11-20(16-24(23)34-6-2)25(18(3)4)29-26(31)21-8-7-15-30(17-21)27(32)19-9-12-22(28)13-10-19/h9-14,16,18,21,25H,5-8,15,17H2,1-4H3,(H,29,31)/t21-,25+/m0/s1. The minimum Gasteiger partial charge on any atom is -0.490 e. The summed E-state index contributed by atoms with van der Waals surface area (Å²) in [6, 6.07) is 11.1. The van der Waals surface area contributed by atoms with E-state index in [0.717, 1.165) is 18.4 Å². The third kappa shape index (κ3) is 6.27. The molecule has 1 N–H and O–H groups in total. The van der Waals surface area contributed by atoms with Crippen molar-refractivity contribution in [2.24, 2.45) is 11.8 Å². The highest BCUT2D eigenvalue weighted by Gasteiger charge is 2.31. The summed E-state index contributed by atoms with van der Waals surface area (Å²) in [7, 11) is 0. The molecule has 34 heavy (non-hydrogen) atoms. The third-order valence-corrected chi connectivity index (χ3v) is 6.06. The van der Waals surface area contributed by atoms with Crippen LogP contribution in [0.25, 0.3) is 0 Å². The van der Waals surface area contributed by atoms with Gasteiger partial charge in [0.05, 0.1) is 25.2 Å². The highest BCUT2D eigenvalue weighted by molar-refractivity contribution is 5.94. The van der Waals surface area contributed by atoms with E-state index in [2.05, 4.69) is 19.2 Å². The fraction of sp³-hybridized carbons (Fsp3) is 0.481. The van der Waals surface area contributed by atoms with Gasteiger partial charge in [0.1, 0.15) is 5.82 Å². The predicted molar refractivity (Wildman–Crippen MR) is 130 cm³/mol. The second-order valence-electron chi connectivity index (χ2n) is 8.90. The summed E-state index contributed by atoms with van der Waals surface area (Å²) in [5, 5.41) is 3.21. The van der Waals surface area contributed by atoms with Crippen LogP contribution in [-0.4, -0.2) is 43.0 Å². The topological polar surface area (TPSA) is 67.9 Å². The van der Waals surface area contributed by atoms with Gasteiger partial charge in [-0.3, -0.25) is 9.59 Å². The summed E-state index contributed by atoms with van der Waals surface area (Å²) in [5.41, 5.74) is 1.38. The van der Waals surface area contributed by atoms with Crippen LogP contribution < -0.4 is 14.8 Å². The van der Waals surface area contributed by atoms with Gasteiger partial charge in [0, 0.05) is 18.7 Å². The number of amides is 2. The Morgan fingerprint density at radius 2 is 1.74 bits per heavy atom. The number of benzene rings is 2. The Labute approximate surface area is 201 Å². The molecule has 2 aromatic carbocycles. The van der Waals surface area contributed by atoms with E-state index in [1.807, 2.05) is 32.0 Å². The lowest BCUT2D eigenvalue weighted by molar-refractivity contribution is -0.127. The number of nitrogens with zero attached hydrogens (tertiary/aromatic N) is 1. The molecule has 184 valence electrons.